The highest BCUT2D eigenvalue weighted by atomic mass is 79.9. The molecule has 0 aliphatic rings. The first-order valence-corrected chi connectivity index (χ1v) is 5.33. The molecule has 0 bridgehead atoms. The Labute approximate surface area is 93.8 Å². The van der Waals surface area contributed by atoms with E-state index in [1.54, 1.807) is 7.11 Å². The van der Waals surface area contributed by atoms with E-state index in [1.165, 1.54) is 5.56 Å². The summed E-state index contributed by atoms with van der Waals surface area (Å²) in [6.45, 7) is 4.28. The highest BCUT2D eigenvalue weighted by Crippen LogP contribution is 2.29. The monoisotopic (exact) mass is 257 g/mol. The lowest BCUT2D eigenvalue weighted by Gasteiger charge is -2.25. The first-order valence-electron chi connectivity index (χ1n) is 4.54. The first-order chi connectivity index (χ1) is 6.51. The summed E-state index contributed by atoms with van der Waals surface area (Å²) >= 11 is 3.48. The number of hydrogen-bond donors (Lipinski definition) is 1. The molecule has 1 aromatic carbocycles. The van der Waals surface area contributed by atoms with Gasteiger partial charge in [0.25, 0.3) is 0 Å². The van der Waals surface area contributed by atoms with E-state index in [-0.39, 0.29) is 5.54 Å². The molecule has 2 nitrogen and oxygen atoms in total. The molecule has 0 radical (unpaired) electrons. The van der Waals surface area contributed by atoms with Crippen LogP contribution in [0.4, 0.5) is 0 Å². The summed E-state index contributed by atoms with van der Waals surface area (Å²) in [6, 6.07) is 6.12. The van der Waals surface area contributed by atoms with Crippen molar-refractivity contribution < 1.29 is 4.74 Å². The van der Waals surface area contributed by atoms with Crippen molar-refractivity contribution in [3.63, 3.8) is 0 Å². The summed E-state index contributed by atoms with van der Waals surface area (Å²) in [6.07, 6.45) is 0. The zero-order valence-electron chi connectivity index (χ0n) is 9.02. The number of nitrogens with one attached hydrogen (secondary N) is 1. The van der Waals surface area contributed by atoms with Crippen LogP contribution in [0.25, 0.3) is 0 Å². The summed E-state index contributed by atoms with van der Waals surface area (Å²) in [5.41, 5.74) is 1.21. The van der Waals surface area contributed by atoms with Gasteiger partial charge in [-0.1, -0.05) is 6.07 Å². The van der Waals surface area contributed by atoms with Crippen LogP contribution in [0.2, 0.25) is 0 Å². The number of hydrogen-bond acceptors (Lipinski definition) is 2. The van der Waals surface area contributed by atoms with Crippen LogP contribution in [-0.4, -0.2) is 14.2 Å². The van der Waals surface area contributed by atoms with Crippen LogP contribution in [0.15, 0.2) is 22.7 Å². The smallest absolute Gasteiger partial charge is 0.133 e. The van der Waals surface area contributed by atoms with Crippen molar-refractivity contribution in [3.8, 4) is 5.75 Å². The molecule has 0 aliphatic heterocycles. The maximum atomic E-state index is 5.18. The largest absolute Gasteiger partial charge is 0.496 e. The molecule has 14 heavy (non-hydrogen) atoms. The molecule has 1 rings (SSSR count). The van der Waals surface area contributed by atoms with Crippen LogP contribution in [0.1, 0.15) is 19.4 Å². The van der Waals surface area contributed by atoms with Gasteiger partial charge in [0, 0.05) is 5.54 Å². The Morgan fingerprint density at radius 1 is 1.36 bits per heavy atom. The van der Waals surface area contributed by atoms with Crippen molar-refractivity contribution in [3.05, 3.63) is 28.2 Å². The second kappa shape index (κ2) is 4.32. The third kappa shape index (κ3) is 2.28. The van der Waals surface area contributed by atoms with Gasteiger partial charge in [-0.15, -0.1) is 0 Å². The van der Waals surface area contributed by atoms with E-state index in [4.69, 9.17) is 4.74 Å². The molecular formula is C11H16BrNO. The minimum absolute atomic E-state index is 0.0191. The molecule has 0 spiro atoms. The predicted molar refractivity (Wildman–Crippen MR) is 62.8 cm³/mol. The Bertz CT molecular complexity index is 323. The molecule has 1 aromatic rings. The Balaban J connectivity index is 3.08. The highest BCUT2D eigenvalue weighted by Gasteiger charge is 2.18. The van der Waals surface area contributed by atoms with Crippen LogP contribution in [0.3, 0.4) is 0 Å². The molecule has 3 heteroatoms. The van der Waals surface area contributed by atoms with Gasteiger partial charge in [0.05, 0.1) is 11.6 Å². The molecular weight excluding hydrogens is 242 g/mol. The Kier molecular flexibility index (Phi) is 3.56. The van der Waals surface area contributed by atoms with E-state index in [9.17, 15) is 0 Å². The maximum Gasteiger partial charge on any atom is 0.133 e. The summed E-state index contributed by atoms with van der Waals surface area (Å²) in [4.78, 5) is 0. The van der Waals surface area contributed by atoms with Crippen LogP contribution < -0.4 is 10.1 Å². The second-order valence-electron chi connectivity index (χ2n) is 3.72. The zero-order valence-corrected chi connectivity index (χ0v) is 10.6. The minimum atomic E-state index is -0.0191. The van der Waals surface area contributed by atoms with Crippen molar-refractivity contribution in [2.45, 2.75) is 19.4 Å². The van der Waals surface area contributed by atoms with E-state index in [0.29, 0.717) is 0 Å². The van der Waals surface area contributed by atoms with Gasteiger partial charge in [-0.25, -0.2) is 0 Å². The third-order valence-electron chi connectivity index (χ3n) is 2.50. The SMILES string of the molecule is CNC(C)(C)c1ccc(OC)c(Br)c1. The fraction of sp³-hybridized carbons (Fsp3) is 0.455. The lowest BCUT2D eigenvalue weighted by molar-refractivity contribution is 0.409. The topological polar surface area (TPSA) is 21.3 Å². The lowest BCUT2D eigenvalue weighted by atomic mass is 9.95. The van der Waals surface area contributed by atoms with E-state index in [2.05, 4.69) is 47.2 Å². The van der Waals surface area contributed by atoms with Gasteiger partial charge >= 0.3 is 0 Å². The molecule has 0 unspecified atom stereocenters. The van der Waals surface area contributed by atoms with Gasteiger partial charge in [-0.05, 0) is 54.5 Å². The molecule has 0 atom stereocenters. The summed E-state index contributed by atoms with van der Waals surface area (Å²) in [5, 5.41) is 3.26. The van der Waals surface area contributed by atoms with E-state index in [0.717, 1.165) is 10.2 Å². The zero-order chi connectivity index (χ0) is 10.8. The number of benzene rings is 1. The Morgan fingerprint density at radius 3 is 2.43 bits per heavy atom. The van der Waals surface area contributed by atoms with Crippen LogP contribution >= 0.6 is 15.9 Å². The van der Waals surface area contributed by atoms with Gasteiger partial charge in [-0.2, -0.15) is 0 Å². The molecule has 1 N–H and O–H groups in total. The van der Waals surface area contributed by atoms with Crippen molar-refractivity contribution in [1.82, 2.24) is 5.32 Å². The van der Waals surface area contributed by atoms with E-state index >= 15 is 0 Å². The Morgan fingerprint density at radius 2 is 2.00 bits per heavy atom. The summed E-state index contributed by atoms with van der Waals surface area (Å²) < 4.78 is 6.17. The number of methoxy groups -OCH3 is 1. The van der Waals surface area contributed by atoms with Gasteiger partial charge in [0.1, 0.15) is 5.75 Å². The predicted octanol–water partition coefficient (Wildman–Crippen LogP) is 2.91. The second-order valence-corrected chi connectivity index (χ2v) is 4.58. The van der Waals surface area contributed by atoms with E-state index < -0.39 is 0 Å². The van der Waals surface area contributed by atoms with Gasteiger partial charge in [0.15, 0.2) is 0 Å². The quantitative estimate of drug-likeness (QED) is 0.900. The average molecular weight is 258 g/mol. The first kappa shape index (κ1) is 11.5. The van der Waals surface area contributed by atoms with Crippen molar-refractivity contribution in [2.75, 3.05) is 14.2 Å². The van der Waals surface area contributed by atoms with Crippen LogP contribution in [0, 0.1) is 0 Å². The number of rotatable bonds is 3. The number of ether oxygens (including phenoxy) is 1. The van der Waals surface area contributed by atoms with Gasteiger partial charge in [-0.3, -0.25) is 0 Å². The van der Waals surface area contributed by atoms with E-state index in [1.807, 2.05) is 13.1 Å². The van der Waals surface area contributed by atoms with Crippen LogP contribution in [0.5, 0.6) is 5.75 Å². The standard InChI is InChI=1S/C11H16BrNO/c1-11(2,13-3)8-5-6-10(14-4)9(12)7-8/h5-7,13H,1-4H3. The molecule has 0 saturated heterocycles. The van der Waals surface area contributed by atoms with Gasteiger partial charge in [0.2, 0.25) is 0 Å². The molecule has 0 fully saturated rings. The summed E-state index contributed by atoms with van der Waals surface area (Å²) in [5.74, 6) is 0.862. The van der Waals surface area contributed by atoms with Gasteiger partial charge < -0.3 is 10.1 Å². The molecule has 0 amide bonds. The average Bonchev–Trinajstić information content (AvgIpc) is 2.17. The fourth-order valence-corrected chi connectivity index (χ4v) is 1.74. The maximum absolute atomic E-state index is 5.18. The Hall–Kier alpha value is -0.540. The molecule has 0 heterocycles. The highest BCUT2D eigenvalue weighted by molar-refractivity contribution is 9.10. The summed E-state index contributed by atoms with van der Waals surface area (Å²) in [7, 11) is 3.63. The van der Waals surface area contributed by atoms with Crippen LogP contribution in [-0.2, 0) is 5.54 Å². The lowest BCUT2D eigenvalue weighted by Crippen LogP contribution is -2.33. The minimum Gasteiger partial charge on any atom is -0.496 e. The molecule has 0 aliphatic carbocycles. The molecule has 78 valence electrons. The van der Waals surface area contributed by atoms with Crippen molar-refractivity contribution >= 4 is 15.9 Å². The molecule has 0 saturated carbocycles. The van der Waals surface area contributed by atoms with Crippen molar-refractivity contribution in [2.24, 2.45) is 0 Å². The fourth-order valence-electron chi connectivity index (χ4n) is 1.20. The third-order valence-corrected chi connectivity index (χ3v) is 3.12. The number of halogens is 1. The normalized spacial score (nSPS) is 11.5. The van der Waals surface area contributed by atoms with Crippen molar-refractivity contribution in [1.29, 1.82) is 0 Å². The molecule has 0 aromatic heterocycles.